The average Bonchev–Trinajstić information content (AvgIpc) is 2.52. The number of halogens is 4. The van der Waals surface area contributed by atoms with Crippen molar-refractivity contribution in [3.63, 3.8) is 0 Å². The maximum absolute atomic E-state index is 12.7. The van der Waals surface area contributed by atoms with Gasteiger partial charge in [-0.1, -0.05) is 65.1 Å². The number of carbonyl (C=O) groups is 1. The molecule has 1 aliphatic rings. The number of rotatable bonds is 1. The number of Topliss-reactive ketones (excluding diaryl/α,β-unsaturated/α-hetero) is 1. The van der Waals surface area contributed by atoms with Gasteiger partial charge in [0.2, 0.25) is 15.8 Å². The number of aliphatic hydroxyl groups is 1. The molecule has 1 heterocycles. The van der Waals surface area contributed by atoms with Crippen molar-refractivity contribution in [1.82, 2.24) is 0 Å². The summed E-state index contributed by atoms with van der Waals surface area (Å²) in [5.41, 5.74) is -1.41. The summed E-state index contributed by atoms with van der Waals surface area (Å²) in [5.74, 6) is -0.670. The van der Waals surface area contributed by atoms with Gasteiger partial charge in [-0.25, -0.2) is 4.42 Å². The quantitative estimate of drug-likeness (QED) is 0.587. The Balaban J connectivity index is 2.29. The number of nitrogens with zero attached hydrogens (tertiary/aromatic N) is 1. The number of alkyl halides is 2. The van der Waals surface area contributed by atoms with Crippen LogP contribution in [0.25, 0.3) is 0 Å². The first-order valence-electron chi connectivity index (χ1n) is 6.26. The Morgan fingerprint density at radius 1 is 1.05 bits per heavy atom. The van der Waals surface area contributed by atoms with E-state index in [4.69, 9.17) is 46.6 Å². The Kier molecular flexibility index (Phi) is 3.83. The van der Waals surface area contributed by atoms with E-state index in [1.165, 1.54) is 12.1 Å². The van der Waals surface area contributed by atoms with Crippen LogP contribution in [-0.2, 0) is 5.72 Å². The predicted octanol–water partition coefficient (Wildman–Crippen LogP) is 4.52. The topological polar surface area (TPSA) is 40.5 Å². The van der Waals surface area contributed by atoms with Crippen LogP contribution in [-0.4, -0.2) is 15.2 Å². The van der Waals surface area contributed by atoms with Crippen LogP contribution in [0, 0.1) is 0 Å². The second kappa shape index (κ2) is 5.29. The Hall–Kier alpha value is -0.970. The van der Waals surface area contributed by atoms with E-state index in [2.05, 4.69) is 0 Å². The van der Waals surface area contributed by atoms with E-state index in [9.17, 15) is 9.90 Å². The fourth-order valence-corrected chi connectivity index (χ4v) is 3.67. The van der Waals surface area contributed by atoms with Crippen molar-refractivity contribution >= 4 is 58.1 Å². The van der Waals surface area contributed by atoms with Gasteiger partial charge < -0.3 is 5.11 Å². The van der Waals surface area contributed by atoms with Crippen molar-refractivity contribution in [3.8, 4) is 0 Å². The van der Waals surface area contributed by atoms with Gasteiger partial charge in [-0.3, -0.25) is 4.79 Å². The number of carbonyl (C=O) groups excluding carboxylic acids is 1. The Morgan fingerprint density at radius 2 is 1.68 bits per heavy atom. The number of ketones is 1. The van der Waals surface area contributed by atoms with Crippen molar-refractivity contribution in [1.29, 1.82) is 0 Å². The molecule has 2 aromatic carbocycles. The third-order valence-corrected chi connectivity index (χ3v) is 5.13. The molecule has 1 N–H and O–H groups in total. The van der Waals surface area contributed by atoms with Crippen molar-refractivity contribution in [3.05, 3.63) is 64.7 Å². The van der Waals surface area contributed by atoms with Crippen LogP contribution in [0.5, 0.6) is 0 Å². The lowest BCUT2D eigenvalue weighted by molar-refractivity contribution is 0.0265. The van der Waals surface area contributed by atoms with Crippen LogP contribution >= 0.6 is 46.6 Å². The summed E-state index contributed by atoms with van der Waals surface area (Å²) in [7, 11) is 0. The largest absolute Gasteiger partial charge is 0.363 e. The number of fused-ring (bicyclic) bond motifs is 1. The highest BCUT2D eigenvalue weighted by atomic mass is 35.5. The van der Waals surface area contributed by atoms with Crippen molar-refractivity contribution in [2.45, 2.75) is 10.1 Å². The third kappa shape index (κ3) is 2.04. The highest BCUT2D eigenvalue weighted by Crippen LogP contribution is 2.53. The van der Waals surface area contributed by atoms with E-state index < -0.39 is 15.8 Å². The monoisotopic (exact) mass is 375 g/mol. The van der Waals surface area contributed by atoms with Crippen LogP contribution in [0.15, 0.2) is 48.5 Å². The molecule has 0 aliphatic carbocycles. The molecule has 1 aliphatic heterocycles. The van der Waals surface area contributed by atoms with E-state index in [0.717, 1.165) is 4.42 Å². The van der Waals surface area contributed by atoms with Gasteiger partial charge in [0.25, 0.3) is 0 Å². The zero-order chi connectivity index (χ0) is 16.1. The molecule has 0 amide bonds. The fraction of sp³-hybridized carbons (Fsp3) is 0.133. The van der Waals surface area contributed by atoms with Gasteiger partial charge in [0, 0.05) is 27.9 Å². The maximum atomic E-state index is 12.7. The molecule has 3 rings (SSSR count). The van der Waals surface area contributed by atoms with Gasteiger partial charge in [0.15, 0.2) is 0 Å². The second-order valence-corrected chi connectivity index (χ2v) is 6.99. The van der Waals surface area contributed by atoms with E-state index in [1.807, 2.05) is 0 Å². The molecule has 0 fully saturated rings. The van der Waals surface area contributed by atoms with Crippen molar-refractivity contribution in [2.75, 3.05) is 4.42 Å². The molecule has 0 bridgehead atoms. The molecular formula is C15H9Cl4NO2. The zero-order valence-corrected chi connectivity index (χ0v) is 14.0. The minimum Gasteiger partial charge on any atom is -0.363 e. The molecule has 1 unspecified atom stereocenters. The number of hydrogen-bond acceptors (Lipinski definition) is 3. The minimum atomic E-state index is -2.20. The van der Waals surface area contributed by atoms with Gasteiger partial charge >= 0.3 is 0 Å². The smallest absolute Gasteiger partial charge is 0.233 e. The van der Waals surface area contributed by atoms with E-state index >= 15 is 0 Å². The number of anilines is 1. The first-order valence-corrected chi connectivity index (χ1v) is 7.73. The van der Waals surface area contributed by atoms with E-state index in [0.29, 0.717) is 10.6 Å². The van der Waals surface area contributed by atoms with Crippen LogP contribution in [0.2, 0.25) is 5.02 Å². The maximum Gasteiger partial charge on any atom is 0.233 e. The molecular weight excluding hydrogens is 368 g/mol. The minimum absolute atomic E-state index is 0.146. The van der Waals surface area contributed by atoms with Gasteiger partial charge in [0.1, 0.15) is 0 Å². The summed E-state index contributed by atoms with van der Waals surface area (Å²) in [4.78, 5) is 12.7. The molecule has 1 atom stereocenters. The van der Waals surface area contributed by atoms with Gasteiger partial charge in [-0.2, -0.15) is 0 Å². The second-order valence-electron chi connectivity index (χ2n) is 4.88. The molecule has 22 heavy (non-hydrogen) atoms. The Morgan fingerprint density at radius 3 is 2.32 bits per heavy atom. The van der Waals surface area contributed by atoms with E-state index in [-0.39, 0.29) is 11.3 Å². The average molecular weight is 377 g/mol. The molecule has 7 heteroatoms. The van der Waals surface area contributed by atoms with Gasteiger partial charge in [-0.05, 0) is 18.2 Å². The normalized spacial score (nSPS) is 23.3. The highest BCUT2D eigenvalue weighted by Gasteiger charge is 2.62. The van der Waals surface area contributed by atoms with Gasteiger partial charge in [-0.15, -0.1) is 0 Å². The first kappa shape index (κ1) is 15.9. The molecule has 0 aromatic heterocycles. The van der Waals surface area contributed by atoms with Crippen LogP contribution in [0.1, 0.15) is 15.9 Å². The van der Waals surface area contributed by atoms with Crippen LogP contribution < -0.4 is 4.42 Å². The Bertz CT molecular complexity index is 750. The molecule has 0 saturated heterocycles. The summed E-state index contributed by atoms with van der Waals surface area (Å²) >= 11 is 24.7. The van der Waals surface area contributed by atoms with Gasteiger partial charge in [0.05, 0.1) is 5.69 Å². The summed E-state index contributed by atoms with van der Waals surface area (Å²) < 4.78 is -1.23. The van der Waals surface area contributed by atoms with Crippen molar-refractivity contribution < 1.29 is 9.90 Å². The molecule has 0 spiro atoms. The molecule has 114 valence electrons. The Labute approximate surface area is 147 Å². The summed E-state index contributed by atoms with van der Waals surface area (Å²) in [6.07, 6.45) is 0. The standard InChI is InChI=1S/C15H9Cl4NO2/c16-10-6-7-12-11(8-10)13(21)14(17,18)15(22,20(12)19)9-4-2-1-3-5-9/h1-8,22H. The molecule has 2 aromatic rings. The summed E-state index contributed by atoms with van der Waals surface area (Å²) in [6, 6.07) is 12.8. The van der Waals surface area contributed by atoms with Crippen LogP contribution in [0.4, 0.5) is 5.69 Å². The fourth-order valence-electron chi connectivity index (χ4n) is 2.45. The summed E-state index contributed by atoms with van der Waals surface area (Å²) in [5, 5.41) is 11.4. The molecule has 0 saturated carbocycles. The first-order chi connectivity index (χ1) is 10.3. The predicted molar refractivity (Wildman–Crippen MR) is 88.9 cm³/mol. The number of benzene rings is 2. The third-order valence-electron chi connectivity index (χ3n) is 3.60. The molecule has 0 radical (unpaired) electrons. The van der Waals surface area contributed by atoms with Crippen molar-refractivity contribution in [2.24, 2.45) is 0 Å². The van der Waals surface area contributed by atoms with Crippen LogP contribution in [0.3, 0.4) is 0 Å². The summed E-state index contributed by atoms with van der Waals surface area (Å²) in [6.45, 7) is 0. The zero-order valence-electron chi connectivity index (χ0n) is 10.9. The lowest BCUT2D eigenvalue weighted by atomic mass is 9.88. The lowest BCUT2D eigenvalue weighted by Gasteiger charge is -2.47. The lowest BCUT2D eigenvalue weighted by Crippen LogP contribution is -2.60. The molecule has 3 nitrogen and oxygen atoms in total. The number of hydrogen-bond donors (Lipinski definition) is 1. The SMILES string of the molecule is O=C1c2cc(Cl)ccc2N(Cl)C(O)(c2ccccc2)C1(Cl)Cl. The highest BCUT2D eigenvalue weighted by molar-refractivity contribution is 6.62. The van der Waals surface area contributed by atoms with E-state index in [1.54, 1.807) is 36.4 Å².